The van der Waals surface area contributed by atoms with Crippen LogP contribution < -0.4 is 14.8 Å². The number of fused-ring (bicyclic) bond motifs is 1. The predicted octanol–water partition coefficient (Wildman–Crippen LogP) is 1.71. The van der Waals surface area contributed by atoms with Crippen LogP contribution in [0.3, 0.4) is 0 Å². The van der Waals surface area contributed by atoms with Crippen molar-refractivity contribution in [3.63, 3.8) is 0 Å². The number of hydrogen-bond donors (Lipinski definition) is 4. The summed E-state index contributed by atoms with van der Waals surface area (Å²) in [5.41, 5.74) is 1.53. The predicted molar refractivity (Wildman–Crippen MR) is 98.7 cm³/mol. The Morgan fingerprint density at radius 3 is 2.07 bits per heavy atom. The largest absolute Gasteiger partial charge is 0.493 e. The Morgan fingerprint density at radius 2 is 1.56 bits per heavy atom. The van der Waals surface area contributed by atoms with Crippen LogP contribution in [-0.4, -0.2) is 59.0 Å². The van der Waals surface area contributed by atoms with E-state index in [1.54, 1.807) is 20.4 Å². The van der Waals surface area contributed by atoms with Crippen molar-refractivity contribution >= 4 is 27.3 Å². The van der Waals surface area contributed by atoms with E-state index >= 15 is 0 Å². The molecule has 0 amide bonds. The zero-order valence-corrected chi connectivity index (χ0v) is 15.8. The lowest BCUT2D eigenvalue weighted by atomic mass is 9.93. The Morgan fingerprint density at radius 1 is 1.04 bits per heavy atom. The summed E-state index contributed by atoms with van der Waals surface area (Å²) in [6.07, 6.45) is 5.16. The van der Waals surface area contributed by atoms with Crippen LogP contribution >= 0.6 is 0 Å². The molecular formula is C16H23N3O7S. The summed E-state index contributed by atoms with van der Waals surface area (Å²) in [6, 6.07) is 3.99. The second-order valence-corrected chi connectivity index (χ2v) is 6.94. The number of anilines is 1. The Kier molecular flexibility index (Phi) is 7.13. The normalized spacial score (nSPS) is 19.7. The molecule has 4 N–H and O–H groups in total. The van der Waals surface area contributed by atoms with E-state index in [0.717, 1.165) is 42.5 Å². The molecule has 3 rings (SSSR count). The van der Waals surface area contributed by atoms with Gasteiger partial charge in [0.05, 0.1) is 37.6 Å². The molecule has 0 unspecified atom stereocenters. The first-order chi connectivity index (χ1) is 12.7. The van der Waals surface area contributed by atoms with E-state index < -0.39 is 10.4 Å². The van der Waals surface area contributed by atoms with E-state index in [-0.39, 0.29) is 6.10 Å². The minimum atomic E-state index is -4.67. The number of benzene rings is 1. The molecule has 1 fully saturated rings. The van der Waals surface area contributed by atoms with Gasteiger partial charge in [-0.15, -0.1) is 0 Å². The Balaban J connectivity index is 0.000000465. The molecule has 0 spiro atoms. The third-order valence-corrected chi connectivity index (χ3v) is 4.10. The Hall–Kier alpha value is -2.21. The van der Waals surface area contributed by atoms with Gasteiger partial charge in [-0.05, 0) is 25.7 Å². The second kappa shape index (κ2) is 9.13. The summed E-state index contributed by atoms with van der Waals surface area (Å²) >= 11 is 0. The fraction of sp³-hybridized carbons (Fsp3) is 0.500. The lowest BCUT2D eigenvalue weighted by Crippen LogP contribution is -2.28. The molecule has 1 saturated carbocycles. The van der Waals surface area contributed by atoms with Crippen molar-refractivity contribution in [2.75, 3.05) is 19.5 Å². The van der Waals surface area contributed by atoms with Crippen molar-refractivity contribution in [2.45, 2.75) is 37.8 Å². The molecule has 10 nitrogen and oxygen atoms in total. The molecule has 2 aromatic rings. The van der Waals surface area contributed by atoms with Gasteiger partial charge in [-0.1, -0.05) is 0 Å². The highest BCUT2D eigenvalue weighted by atomic mass is 32.3. The fourth-order valence-electron chi connectivity index (χ4n) is 2.84. The minimum absolute atomic E-state index is 0.155. The number of nitrogens with zero attached hydrogens (tertiary/aromatic N) is 2. The standard InChI is InChI=1S/C16H21N3O3.H2O4S/c1-21-14-7-12-13(8-15(14)22-2)19-16(9-17-12)18-10-3-5-11(20)6-4-10;1-5(2,3)4/h7-11,20H,3-6H2,1-2H3,(H,18,19);(H2,1,2,3,4). The van der Waals surface area contributed by atoms with Crippen LogP contribution in [0.25, 0.3) is 11.0 Å². The van der Waals surface area contributed by atoms with Crippen LogP contribution in [-0.2, 0) is 10.4 Å². The van der Waals surface area contributed by atoms with Gasteiger partial charge in [0.25, 0.3) is 0 Å². The van der Waals surface area contributed by atoms with E-state index in [0.29, 0.717) is 17.5 Å². The van der Waals surface area contributed by atoms with E-state index in [1.165, 1.54) is 0 Å². The topological polar surface area (TPSA) is 151 Å². The molecule has 1 aromatic heterocycles. The lowest BCUT2D eigenvalue weighted by Gasteiger charge is -2.26. The number of hydrogen-bond acceptors (Lipinski definition) is 8. The van der Waals surface area contributed by atoms with Crippen LogP contribution in [0, 0.1) is 0 Å². The highest BCUT2D eigenvalue weighted by molar-refractivity contribution is 7.79. The molecule has 0 bridgehead atoms. The van der Waals surface area contributed by atoms with Crippen molar-refractivity contribution in [1.29, 1.82) is 0 Å². The zero-order valence-electron chi connectivity index (χ0n) is 15.0. The summed E-state index contributed by atoms with van der Waals surface area (Å²) in [4.78, 5) is 9.04. The summed E-state index contributed by atoms with van der Waals surface area (Å²) < 4.78 is 42.2. The van der Waals surface area contributed by atoms with Gasteiger partial charge in [-0.25, -0.2) is 4.98 Å². The number of aliphatic hydroxyl groups excluding tert-OH is 1. The summed E-state index contributed by atoms with van der Waals surface area (Å²) in [5.74, 6) is 2.04. The highest BCUT2D eigenvalue weighted by Gasteiger charge is 2.19. The summed E-state index contributed by atoms with van der Waals surface area (Å²) in [5, 5.41) is 13.0. The number of rotatable bonds is 4. The van der Waals surface area contributed by atoms with Crippen molar-refractivity contribution < 1.29 is 32.1 Å². The molecule has 0 atom stereocenters. The average molecular weight is 401 g/mol. The zero-order chi connectivity index (χ0) is 20.0. The molecule has 0 saturated heterocycles. The molecule has 1 aliphatic rings. The maximum atomic E-state index is 9.56. The van der Waals surface area contributed by atoms with Crippen LogP contribution in [0.5, 0.6) is 11.5 Å². The Labute approximate surface area is 157 Å². The molecule has 0 aliphatic heterocycles. The molecule has 11 heteroatoms. The number of nitrogens with one attached hydrogen (secondary N) is 1. The fourth-order valence-corrected chi connectivity index (χ4v) is 2.84. The van der Waals surface area contributed by atoms with E-state index in [4.69, 9.17) is 27.0 Å². The molecule has 1 heterocycles. The van der Waals surface area contributed by atoms with Crippen molar-refractivity contribution in [3.05, 3.63) is 18.3 Å². The number of ether oxygens (including phenoxy) is 2. The summed E-state index contributed by atoms with van der Waals surface area (Å²) in [6.45, 7) is 0. The van der Waals surface area contributed by atoms with Crippen LogP contribution in [0.4, 0.5) is 5.82 Å². The minimum Gasteiger partial charge on any atom is -0.493 e. The van der Waals surface area contributed by atoms with Crippen molar-refractivity contribution in [2.24, 2.45) is 0 Å². The first kappa shape index (κ1) is 21.1. The molecule has 1 aliphatic carbocycles. The van der Waals surface area contributed by atoms with Gasteiger partial charge in [-0.3, -0.25) is 14.1 Å². The monoisotopic (exact) mass is 401 g/mol. The third kappa shape index (κ3) is 6.79. The van der Waals surface area contributed by atoms with Gasteiger partial charge in [0.1, 0.15) is 5.82 Å². The molecule has 1 aromatic carbocycles. The van der Waals surface area contributed by atoms with Crippen molar-refractivity contribution in [3.8, 4) is 11.5 Å². The average Bonchev–Trinajstić information content (AvgIpc) is 2.61. The molecule has 150 valence electrons. The first-order valence-corrected chi connectivity index (χ1v) is 9.62. The lowest BCUT2D eigenvalue weighted by molar-refractivity contribution is 0.126. The first-order valence-electron chi connectivity index (χ1n) is 8.23. The summed E-state index contributed by atoms with van der Waals surface area (Å²) in [7, 11) is -1.46. The maximum absolute atomic E-state index is 9.56. The maximum Gasteiger partial charge on any atom is 0.394 e. The van der Waals surface area contributed by atoms with Crippen LogP contribution in [0.1, 0.15) is 25.7 Å². The molecular weight excluding hydrogens is 378 g/mol. The third-order valence-electron chi connectivity index (χ3n) is 4.10. The highest BCUT2D eigenvalue weighted by Crippen LogP contribution is 2.31. The van der Waals surface area contributed by atoms with Gasteiger partial charge in [0.2, 0.25) is 0 Å². The van der Waals surface area contributed by atoms with Gasteiger partial charge < -0.3 is 19.9 Å². The van der Waals surface area contributed by atoms with Crippen molar-refractivity contribution in [1.82, 2.24) is 9.97 Å². The van der Waals surface area contributed by atoms with E-state index in [2.05, 4.69) is 15.3 Å². The number of aromatic nitrogens is 2. The Bertz CT molecular complexity index is 860. The molecule has 0 radical (unpaired) electrons. The van der Waals surface area contributed by atoms with E-state index in [1.807, 2.05) is 12.1 Å². The smallest absolute Gasteiger partial charge is 0.394 e. The van der Waals surface area contributed by atoms with Gasteiger partial charge in [0.15, 0.2) is 11.5 Å². The van der Waals surface area contributed by atoms with E-state index in [9.17, 15) is 5.11 Å². The van der Waals surface area contributed by atoms with Crippen LogP contribution in [0.2, 0.25) is 0 Å². The molecule has 27 heavy (non-hydrogen) atoms. The number of aliphatic hydroxyl groups is 1. The van der Waals surface area contributed by atoms with Gasteiger partial charge >= 0.3 is 10.4 Å². The number of methoxy groups -OCH3 is 2. The second-order valence-electron chi connectivity index (χ2n) is 6.05. The quantitative estimate of drug-likeness (QED) is 0.557. The van der Waals surface area contributed by atoms with Crippen LogP contribution in [0.15, 0.2) is 18.3 Å². The van der Waals surface area contributed by atoms with Gasteiger partial charge in [0, 0.05) is 18.2 Å². The van der Waals surface area contributed by atoms with Gasteiger partial charge in [-0.2, -0.15) is 8.42 Å². The SMILES string of the molecule is COc1cc2ncc(NC3CCC(O)CC3)nc2cc1OC.O=S(=O)(O)O.